The predicted octanol–water partition coefficient (Wildman–Crippen LogP) is 4.51. The van der Waals surface area contributed by atoms with Gasteiger partial charge in [-0.15, -0.1) is 0 Å². The number of nitrogens with zero attached hydrogens (tertiary/aromatic N) is 2. The summed E-state index contributed by atoms with van der Waals surface area (Å²) in [7, 11) is 0. The van der Waals surface area contributed by atoms with E-state index in [9.17, 15) is 4.79 Å². The molecule has 3 nitrogen and oxygen atoms in total. The first-order valence-electron chi connectivity index (χ1n) is 7.17. The maximum atomic E-state index is 12.5. The van der Waals surface area contributed by atoms with Crippen molar-refractivity contribution in [3.8, 4) is 0 Å². The van der Waals surface area contributed by atoms with E-state index >= 15 is 0 Å². The minimum Gasteiger partial charge on any atom is -0.266 e. The summed E-state index contributed by atoms with van der Waals surface area (Å²) >= 11 is 4.95. The van der Waals surface area contributed by atoms with Gasteiger partial charge in [0, 0.05) is 4.90 Å². The van der Waals surface area contributed by atoms with Crippen molar-refractivity contribution in [1.29, 1.82) is 0 Å². The van der Waals surface area contributed by atoms with Gasteiger partial charge < -0.3 is 0 Å². The Morgan fingerprint density at radius 2 is 1.78 bits per heavy atom. The average molecular weight is 387 g/mol. The van der Waals surface area contributed by atoms with Gasteiger partial charge in [-0.25, -0.2) is 4.68 Å². The third-order valence-electron chi connectivity index (χ3n) is 3.38. The highest BCUT2D eigenvalue weighted by Gasteiger charge is 2.10. The molecular weight excluding hydrogens is 372 g/mol. The van der Waals surface area contributed by atoms with Crippen molar-refractivity contribution in [2.45, 2.75) is 23.3 Å². The maximum absolute atomic E-state index is 12.5. The van der Waals surface area contributed by atoms with Gasteiger partial charge >= 0.3 is 0 Å². The Morgan fingerprint density at radius 3 is 2.48 bits per heavy atom. The lowest BCUT2D eigenvalue weighted by atomic mass is 10.2. The van der Waals surface area contributed by atoms with E-state index in [0.29, 0.717) is 11.0 Å². The Morgan fingerprint density at radius 1 is 1.09 bits per heavy atom. The Bertz CT molecular complexity index is 860. The summed E-state index contributed by atoms with van der Waals surface area (Å²) < 4.78 is 2.02. The molecule has 3 rings (SSSR count). The summed E-state index contributed by atoms with van der Waals surface area (Å²) in [6, 6.07) is 18.0. The summed E-state index contributed by atoms with van der Waals surface area (Å²) in [5, 5.41) is 4.30. The first-order valence-corrected chi connectivity index (χ1v) is 8.78. The van der Waals surface area contributed by atoms with Crippen LogP contribution in [0.4, 0.5) is 0 Å². The van der Waals surface area contributed by atoms with E-state index in [1.54, 1.807) is 6.20 Å². The number of hydrogen-bond donors (Lipinski definition) is 0. The highest BCUT2D eigenvalue weighted by atomic mass is 79.9. The Kier molecular flexibility index (Phi) is 4.98. The van der Waals surface area contributed by atoms with E-state index in [2.05, 4.69) is 40.1 Å². The number of hydrogen-bond acceptors (Lipinski definition) is 3. The lowest BCUT2D eigenvalue weighted by Gasteiger charge is -2.08. The monoisotopic (exact) mass is 386 g/mol. The van der Waals surface area contributed by atoms with Crippen LogP contribution in [-0.2, 0) is 6.54 Å². The van der Waals surface area contributed by atoms with Crippen molar-refractivity contribution in [2.75, 3.05) is 0 Å². The number of halogens is 1. The molecule has 0 amide bonds. The summed E-state index contributed by atoms with van der Waals surface area (Å²) in [5.74, 6) is 0. The Labute approximate surface area is 147 Å². The smallest absolute Gasteiger partial charge is 0.266 e. The molecule has 0 spiro atoms. The van der Waals surface area contributed by atoms with Gasteiger partial charge in [0.15, 0.2) is 0 Å². The average Bonchev–Trinajstić information content (AvgIpc) is 2.57. The number of benzene rings is 2. The van der Waals surface area contributed by atoms with Gasteiger partial charge in [-0.1, -0.05) is 59.8 Å². The van der Waals surface area contributed by atoms with Crippen molar-refractivity contribution in [3.63, 3.8) is 0 Å². The standard InChI is InChI=1S/C18H15BrN2OS/c1-13-7-9-15(10-8-13)23-16-11-20-21(18(22)17(16)19)12-14-5-3-2-4-6-14/h2-11H,12H2,1H3. The fourth-order valence-electron chi connectivity index (χ4n) is 2.12. The van der Waals surface area contributed by atoms with E-state index < -0.39 is 0 Å². The Hall–Kier alpha value is -1.85. The minimum atomic E-state index is -0.119. The second-order valence-electron chi connectivity index (χ2n) is 5.19. The summed E-state index contributed by atoms with van der Waals surface area (Å²) in [6.45, 7) is 2.52. The molecule has 0 aliphatic heterocycles. The molecule has 0 saturated carbocycles. The molecule has 0 fully saturated rings. The number of aromatic nitrogens is 2. The van der Waals surface area contributed by atoms with E-state index in [0.717, 1.165) is 15.4 Å². The van der Waals surface area contributed by atoms with Crippen LogP contribution in [-0.4, -0.2) is 9.78 Å². The van der Waals surface area contributed by atoms with Gasteiger partial charge in [-0.3, -0.25) is 4.79 Å². The van der Waals surface area contributed by atoms with Gasteiger partial charge in [0.1, 0.15) is 0 Å². The van der Waals surface area contributed by atoms with Crippen molar-refractivity contribution in [1.82, 2.24) is 9.78 Å². The molecule has 1 heterocycles. The number of rotatable bonds is 4. The first-order chi connectivity index (χ1) is 11.1. The fraction of sp³-hybridized carbons (Fsp3) is 0.111. The summed E-state index contributed by atoms with van der Waals surface area (Å²) in [6.07, 6.45) is 1.74. The molecular formula is C18H15BrN2OS. The molecule has 2 aromatic carbocycles. The van der Waals surface area contributed by atoms with Crippen LogP contribution in [0.15, 0.2) is 79.9 Å². The van der Waals surface area contributed by atoms with E-state index in [-0.39, 0.29) is 5.56 Å². The van der Waals surface area contributed by atoms with Crippen LogP contribution in [0.3, 0.4) is 0 Å². The first kappa shape index (κ1) is 16.0. The molecule has 0 unspecified atom stereocenters. The normalized spacial score (nSPS) is 10.7. The molecule has 0 radical (unpaired) electrons. The summed E-state index contributed by atoms with van der Waals surface area (Å²) in [5.41, 5.74) is 2.14. The SMILES string of the molecule is Cc1ccc(Sc2cnn(Cc3ccccc3)c(=O)c2Br)cc1. The second kappa shape index (κ2) is 7.15. The fourth-order valence-corrected chi connectivity index (χ4v) is 3.48. The number of aryl methyl sites for hydroxylation is 1. The largest absolute Gasteiger partial charge is 0.282 e. The molecule has 0 bridgehead atoms. The van der Waals surface area contributed by atoms with Gasteiger partial charge in [0.25, 0.3) is 5.56 Å². The Balaban J connectivity index is 1.85. The molecule has 0 saturated heterocycles. The van der Waals surface area contributed by atoms with E-state index in [4.69, 9.17) is 0 Å². The molecule has 23 heavy (non-hydrogen) atoms. The zero-order valence-electron chi connectivity index (χ0n) is 12.6. The zero-order valence-corrected chi connectivity index (χ0v) is 15.0. The minimum absolute atomic E-state index is 0.119. The van der Waals surface area contributed by atoms with Gasteiger partial charge in [-0.2, -0.15) is 5.10 Å². The lowest BCUT2D eigenvalue weighted by molar-refractivity contribution is 0.626. The quantitative estimate of drug-likeness (QED) is 0.661. The maximum Gasteiger partial charge on any atom is 0.282 e. The highest BCUT2D eigenvalue weighted by molar-refractivity contribution is 9.10. The van der Waals surface area contributed by atoms with Crippen molar-refractivity contribution >= 4 is 27.7 Å². The van der Waals surface area contributed by atoms with Crippen LogP contribution < -0.4 is 5.56 Å². The van der Waals surface area contributed by atoms with Gasteiger partial charge in [0.05, 0.1) is 22.1 Å². The molecule has 5 heteroatoms. The van der Waals surface area contributed by atoms with Gasteiger partial charge in [0.2, 0.25) is 0 Å². The van der Waals surface area contributed by atoms with Crippen molar-refractivity contribution in [2.24, 2.45) is 0 Å². The third-order valence-corrected chi connectivity index (χ3v) is 5.44. The van der Waals surface area contributed by atoms with Gasteiger partial charge in [-0.05, 0) is 40.5 Å². The molecule has 0 aliphatic carbocycles. The van der Waals surface area contributed by atoms with Crippen molar-refractivity contribution in [3.05, 3.63) is 86.7 Å². The van der Waals surface area contributed by atoms with Crippen LogP contribution >= 0.6 is 27.7 Å². The highest BCUT2D eigenvalue weighted by Crippen LogP contribution is 2.31. The van der Waals surface area contributed by atoms with Crippen LogP contribution in [0.5, 0.6) is 0 Å². The second-order valence-corrected chi connectivity index (χ2v) is 7.09. The lowest BCUT2D eigenvalue weighted by Crippen LogP contribution is -2.24. The van der Waals surface area contributed by atoms with Crippen LogP contribution in [0.25, 0.3) is 0 Å². The zero-order chi connectivity index (χ0) is 16.2. The molecule has 0 N–H and O–H groups in total. The van der Waals surface area contributed by atoms with Crippen LogP contribution in [0.2, 0.25) is 0 Å². The van der Waals surface area contributed by atoms with E-state index in [1.807, 2.05) is 42.5 Å². The topological polar surface area (TPSA) is 34.9 Å². The van der Waals surface area contributed by atoms with E-state index in [1.165, 1.54) is 22.0 Å². The molecule has 116 valence electrons. The third kappa shape index (κ3) is 3.92. The molecule has 3 aromatic rings. The van der Waals surface area contributed by atoms with Crippen LogP contribution in [0.1, 0.15) is 11.1 Å². The van der Waals surface area contributed by atoms with Crippen LogP contribution in [0, 0.1) is 6.92 Å². The molecule has 0 atom stereocenters. The predicted molar refractivity (Wildman–Crippen MR) is 97.0 cm³/mol. The molecule has 0 aliphatic rings. The summed E-state index contributed by atoms with van der Waals surface area (Å²) in [4.78, 5) is 14.4. The van der Waals surface area contributed by atoms with Crippen molar-refractivity contribution < 1.29 is 0 Å². The molecule has 1 aromatic heterocycles.